The third-order valence-electron chi connectivity index (χ3n) is 2.66. The third-order valence-corrected chi connectivity index (χ3v) is 2.90. The summed E-state index contributed by atoms with van der Waals surface area (Å²) in [5.74, 6) is 0. The van der Waals surface area contributed by atoms with Crippen LogP contribution in [0.15, 0.2) is 36.7 Å². The largest absolute Gasteiger partial charge is 0.283 e. The zero-order valence-electron chi connectivity index (χ0n) is 9.46. The fourth-order valence-electron chi connectivity index (χ4n) is 1.80. The minimum absolute atomic E-state index is 0.362. The molecule has 0 aliphatic heterocycles. The lowest BCUT2D eigenvalue weighted by Crippen LogP contribution is -1.97. The van der Waals surface area contributed by atoms with E-state index in [1.807, 2.05) is 0 Å². The first-order valence-electron chi connectivity index (χ1n) is 5.40. The average molecular weight is 281 g/mol. The van der Waals surface area contributed by atoms with Gasteiger partial charge in [-0.1, -0.05) is 16.8 Å². The van der Waals surface area contributed by atoms with E-state index < -0.39 is 6.43 Å². The number of aromatic nitrogens is 4. The van der Waals surface area contributed by atoms with E-state index in [0.29, 0.717) is 16.2 Å². The van der Waals surface area contributed by atoms with E-state index >= 15 is 0 Å². The number of hydrogen-bond acceptors (Lipinski definition) is 3. The third kappa shape index (κ3) is 2.15. The highest BCUT2D eigenvalue weighted by atomic mass is 35.5. The van der Waals surface area contributed by atoms with Crippen molar-refractivity contribution in [2.45, 2.75) is 6.43 Å². The fourth-order valence-corrected chi connectivity index (χ4v) is 1.97. The molecule has 0 aliphatic carbocycles. The smallest absolute Gasteiger partial charge is 0.256 e. The summed E-state index contributed by atoms with van der Waals surface area (Å²) in [6, 6.07) is 6.86. The van der Waals surface area contributed by atoms with E-state index in [-0.39, 0.29) is 5.69 Å². The molecule has 0 fully saturated rings. The van der Waals surface area contributed by atoms with Crippen molar-refractivity contribution >= 4 is 22.5 Å². The van der Waals surface area contributed by atoms with Gasteiger partial charge in [0.05, 0.1) is 17.4 Å². The maximum atomic E-state index is 12.5. The number of pyridine rings is 1. The van der Waals surface area contributed by atoms with Crippen LogP contribution in [0.3, 0.4) is 0 Å². The number of benzene rings is 1. The van der Waals surface area contributed by atoms with E-state index in [9.17, 15) is 8.78 Å². The van der Waals surface area contributed by atoms with Gasteiger partial charge in [-0.2, -0.15) is 0 Å². The molecule has 96 valence electrons. The lowest BCUT2D eigenvalue weighted by Gasteiger charge is -2.05. The van der Waals surface area contributed by atoms with Crippen molar-refractivity contribution in [3.8, 4) is 5.69 Å². The molecular weight excluding hydrogens is 274 g/mol. The highest BCUT2D eigenvalue weighted by Crippen LogP contribution is 2.24. The minimum atomic E-state index is -2.64. The molecule has 0 unspecified atom stereocenters. The van der Waals surface area contributed by atoms with Gasteiger partial charge in [0, 0.05) is 16.6 Å². The van der Waals surface area contributed by atoms with E-state index in [2.05, 4.69) is 15.3 Å². The quantitative estimate of drug-likeness (QED) is 0.722. The highest BCUT2D eigenvalue weighted by Gasteiger charge is 2.13. The van der Waals surface area contributed by atoms with Crippen molar-refractivity contribution in [1.29, 1.82) is 0 Å². The zero-order chi connectivity index (χ0) is 13.4. The summed E-state index contributed by atoms with van der Waals surface area (Å²) in [6.07, 6.45) is 0.127. The normalized spacial score (nSPS) is 11.4. The van der Waals surface area contributed by atoms with Gasteiger partial charge in [-0.25, -0.2) is 13.5 Å². The van der Waals surface area contributed by atoms with Crippen molar-refractivity contribution in [2.24, 2.45) is 0 Å². The van der Waals surface area contributed by atoms with Gasteiger partial charge in [-0.15, -0.1) is 5.10 Å². The molecule has 0 spiro atoms. The van der Waals surface area contributed by atoms with Crippen LogP contribution in [0.4, 0.5) is 8.78 Å². The first kappa shape index (κ1) is 12.0. The predicted molar refractivity (Wildman–Crippen MR) is 66.6 cm³/mol. The SMILES string of the molecule is FC(F)c1cn(-c2ccnc3cc(Cl)ccc23)nn1. The maximum Gasteiger partial charge on any atom is 0.283 e. The fraction of sp³-hybridized carbons (Fsp3) is 0.0833. The van der Waals surface area contributed by atoms with Gasteiger partial charge in [0.2, 0.25) is 0 Å². The molecule has 0 N–H and O–H groups in total. The summed E-state index contributed by atoms with van der Waals surface area (Å²) in [5, 5.41) is 8.46. The summed E-state index contributed by atoms with van der Waals surface area (Å²) >= 11 is 5.89. The monoisotopic (exact) mass is 280 g/mol. The van der Waals surface area contributed by atoms with Gasteiger partial charge in [0.25, 0.3) is 6.43 Å². The zero-order valence-corrected chi connectivity index (χ0v) is 10.2. The summed E-state index contributed by atoms with van der Waals surface area (Å²) in [6.45, 7) is 0. The van der Waals surface area contributed by atoms with Crippen molar-refractivity contribution in [2.75, 3.05) is 0 Å². The molecule has 7 heteroatoms. The Morgan fingerprint density at radius 1 is 1.21 bits per heavy atom. The Morgan fingerprint density at radius 2 is 2.05 bits per heavy atom. The average Bonchev–Trinajstić information content (AvgIpc) is 2.87. The molecule has 2 heterocycles. The Bertz CT molecular complexity index is 741. The summed E-state index contributed by atoms with van der Waals surface area (Å²) in [5.41, 5.74) is 0.930. The van der Waals surface area contributed by atoms with Crippen LogP contribution in [-0.4, -0.2) is 20.0 Å². The first-order valence-corrected chi connectivity index (χ1v) is 5.78. The summed E-state index contributed by atoms with van der Waals surface area (Å²) in [4.78, 5) is 4.18. The van der Waals surface area contributed by atoms with Crippen LogP contribution in [0.5, 0.6) is 0 Å². The van der Waals surface area contributed by atoms with E-state index in [4.69, 9.17) is 11.6 Å². The second-order valence-corrected chi connectivity index (χ2v) is 4.32. The van der Waals surface area contributed by atoms with Crippen LogP contribution in [0.1, 0.15) is 12.1 Å². The lowest BCUT2D eigenvalue weighted by molar-refractivity contribution is 0.146. The van der Waals surface area contributed by atoms with E-state index in [0.717, 1.165) is 5.39 Å². The Balaban J connectivity index is 2.18. The van der Waals surface area contributed by atoms with Crippen LogP contribution in [0.2, 0.25) is 5.02 Å². The molecule has 4 nitrogen and oxygen atoms in total. The Morgan fingerprint density at radius 3 is 2.79 bits per heavy atom. The van der Waals surface area contributed by atoms with E-state index in [1.165, 1.54) is 10.9 Å². The first-order chi connectivity index (χ1) is 9.15. The standard InChI is InChI=1S/C12H7ClF2N4/c13-7-1-2-8-9(5-7)16-4-3-11(8)19-6-10(12(14)15)17-18-19/h1-6,12H. The molecule has 0 atom stereocenters. The van der Waals surface area contributed by atoms with Crippen LogP contribution in [-0.2, 0) is 0 Å². The number of rotatable bonds is 2. The topological polar surface area (TPSA) is 43.6 Å². The van der Waals surface area contributed by atoms with E-state index in [1.54, 1.807) is 30.5 Å². The molecule has 19 heavy (non-hydrogen) atoms. The second-order valence-electron chi connectivity index (χ2n) is 3.88. The van der Waals surface area contributed by atoms with Gasteiger partial charge in [-0.3, -0.25) is 4.98 Å². The molecule has 2 aromatic heterocycles. The molecule has 0 amide bonds. The minimum Gasteiger partial charge on any atom is -0.256 e. The van der Waals surface area contributed by atoms with Gasteiger partial charge in [-0.05, 0) is 24.3 Å². The molecular formula is C12H7ClF2N4. The maximum absolute atomic E-state index is 12.5. The Kier molecular flexibility index (Phi) is 2.87. The number of nitrogens with zero attached hydrogens (tertiary/aromatic N) is 4. The Labute approximate surface area is 111 Å². The van der Waals surface area contributed by atoms with Crippen molar-refractivity contribution in [1.82, 2.24) is 20.0 Å². The number of fused-ring (bicyclic) bond motifs is 1. The number of halogens is 3. The van der Waals surface area contributed by atoms with Crippen LogP contribution < -0.4 is 0 Å². The molecule has 0 radical (unpaired) electrons. The predicted octanol–water partition coefficient (Wildman–Crippen LogP) is 3.41. The molecule has 0 saturated heterocycles. The van der Waals surface area contributed by atoms with Crippen LogP contribution in [0.25, 0.3) is 16.6 Å². The van der Waals surface area contributed by atoms with Crippen molar-refractivity contribution in [3.05, 3.63) is 47.4 Å². The molecule has 3 aromatic rings. The van der Waals surface area contributed by atoms with Gasteiger partial charge in [0.1, 0.15) is 5.69 Å². The van der Waals surface area contributed by atoms with Gasteiger partial charge in [0.15, 0.2) is 0 Å². The number of hydrogen-bond donors (Lipinski definition) is 0. The molecule has 0 saturated carbocycles. The molecule has 0 bridgehead atoms. The number of alkyl halides is 2. The van der Waals surface area contributed by atoms with Gasteiger partial charge < -0.3 is 0 Å². The second kappa shape index (κ2) is 4.55. The summed E-state index contributed by atoms with van der Waals surface area (Å²) in [7, 11) is 0. The highest BCUT2D eigenvalue weighted by molar-refractivity contribution is 6.31. The molecule has 1 aromatic carbocycles. The molecule has 0 aliphatic rings. The van der Waals surface area contributed by atoms with Crippen molar-refractivity contribution < 1.29 is 8.78 Å². The summed E-state index contributed by atoms with van der Waals surface area (Å²) < 4.78 is 26.3. The van der Waals surface area contributed by atoms with Crippen LogP contribution >= 0.6 is 11.6 Å². The van der Waals surface area contributed by atoms with Crippen LogP contribution in [0, 0.1) is 0 Å². The van der Waals surface area contributed by atoms with Crippen molar-refractivity contribution in [3.63, 3.8) is 0 Å². The molecule has 3 rings (SSSR count). The lowest BCUT2D eigenvalue weighted by atomic mass is 10.2. The van der Waals surface area contributed by atoms with Gasteiger partial charge >= 0.3 is 0 Å². The Hall–Kier alpha value is -2.08.